The van der Waals surface area contributed by atoms with Crippen molar-refractivity contribution in [1.29, 1.82) is 0 Å². The number of aliphatic hydroxyl groups excluding tert-OH is 1. The number of ketones is 1. The molecule has 31 heavy (non-hydrogen) atoms. The molecule has 0 saturated carbocycles. The molecule has 6 nitrogen and oxygen atoms in total. The first-order valence-electron chi connectivity index (χ1n) is 10.1. The van der Waals surface area contributed by atoms with Crippen molar-refractivity contribution in [2.24, 2.45) is 0 Å². The van der Waals surface area contributed by atoms with Gasteiger partial charge in [0, 0.05) is 18.1 Å². The van der Waals surface area contributed by atoms with E-state index in [1.807, 2.05) is 19.9 Å². The van der Waals surface area contributed by atoms with Gasteiger partial charge < -0.3 is 25.2 Å². The first kappa shape index (κ1) is 22.4. The number of ether oxygens (including phenoxy) is 1. The van der Waals surface area contributed by atoms with Crippen LogP contribution in [-0.2, 0) is 12.8 Å². The van der Waals surface area contributed by atoms with Crippen LogP contribution in [0.5, 0.6) is 23.0 Å². The number of hydrogen-bond acceptors (Lipinski definition) is 6. The lowest BCUT2D eigenvalue weighted by Crippen LogP contribution is -2.22. The van der Waals surface area contributed by atoms with Crippen LogP contribution in [0.15, 0.2) is 48.1 Å². The number of benzene rings is 2. The number of aliphatic hydroxyl groups is 1. The number of carbonyl (C=O) groups is 1. The minimum absolute atomic E-state index is 0.000670. The smallest absolute Gasteiger partial charge is 0.174 e. The second-order valence-corrected chi connectivity index (χ2v) is 8.27. The SMILES string of the molecule is C=C(C)C(O)Cc1cc(C2CC(=O)c3c(O)cc(O)c(CC=C(C)C)c3O2)ccc1O. The van der Waals surface area contributed by atoms with Crippen LogP contribution in [0.1, 0.15) is 60.3 Å². The lowest BCUT2D eigenvalue weighted by molar-refractivity contribution is 0.0842. The molecule has 2 unspecified atom stereocenters. The maximum atomic E-state index is 12.9. The highest BCUT2D eigenvalue weighted by Crippen LogP contribution is 2.45. The van der Waals surface area contributed by atoms with Gasteiger partial charge in [-0.3, -0.25) is 4.79 Å². The van der Waals surface area contributed by atoms with E-state index in [2.05, 4.69) is 6.58 Å². The van der Waals surface area contributed by atoms with Crippen molar-refractivity contribution in [3.8, 4) is 23.0 Å². The molecular formula is C25H28O6. The Hall–Kier alpha value is -3.25. The normalized spacial score (nSPS) is 16.3. The van der Waals surface area contributed by atoms with Gasteiger partial charge in [-0.05, 0) is 50.5 Å². The number of allylic oxidation sites excluding steroid dienone is 2. The molecule has 0 bridgehead atoms. The molecule has 0 aliphatic carbocycles. The number of carbonyl (C=O) groups excluding carboxylic acids is 1. The zero-order valence-electron chi connectivity index (χ0n) is 18.0. The molecule has 2 aromatic rings. The van der Waals surface area contributed by atoms with E-state index in [-0.39, 0.29) is 47.2 Å². The Morgan fingerprint density at radius 2 is 1.87 bits per heavy atom. The van der Waals surface area contributed by atoms with E-state index < -0.39 is 12.2 Å². The minimum atomic E-state index is -0.805. The Labute approximate surface area is 181 Å². The molecule has 2 atom stereocenters. The van der Waals surface area contributed by atoms with E-state index in [9.17, 15) is 25.2 Å². The molecule has 3 rings (SSSR count). The maximum absolute atomic E-state index is 12.9. The number of fused-ring (bicyclic) bond motifs is 1. The molecule has 0 amide bonds. The fraction of sp³-hybridized carbons (Fsp3) is 0.320. The van der Waals surface area contributed by atoms with E-state index in [0.717, 1.165) is 5.57 Å². The number of aromatic hydroxyl groups is 3. The Balaban J connectivity index is 2.01. The third-order valence-electron chi connectivity index (χ3n) is 5.42. The fourth-order valence-electron chi connectivity index (χ4n) is 3.57. The standard InChI is InChI=1S/C25H28O6/c1-13(2)5-7-17-20(28)11-21(29)24-22(30)12-23(31-25(17)24)15-6-8-18(26)16(9-15)10-19(27)14(3)4/h5-6,8-9,11,19,23,26-29H,3,7,10,12H2,1-2,4H3. The monoisotopic (exact) mass is 424 g/mol. The molecule has 0 spiro atoms. The molecule has 1 heterocycles. The molecule has 4 N–H and O–H groups in total. The molecule has 0 saturated heterocycles. The summed E-state index contributed by atoms with van der Waals surface area (Å²) < 4.78 is 6.13. The summed E-state index contributed by atoms with van der Waals surface area (Å²) in [5, 5.41) is 41.0. The van der Waals surface area contributed by atoms with Gasteiger partial charge in [0.15, 0.2) is 5.78 Å². The number of hydrogen-bond donors (Lipinski definition) is 4. The summed E-state index contributed by atoms with van der Waals surface area (Å²) in [6.45, 7) is 9.29. The van der Waals surface area contributed by atoms with Crippen LogP contribution in [0.4, 0.5) is 0 Å². The van der Waals surface area contributed by atoms with Crippen molar-refractivity contribution in [2.75, 3.05) is 0 Å². The van der Waals surface area contributed by atoms with Crippen molar-refractivity contribution in [3.05, 3.63) is 70.3 Å². The highest BCUT2D eigenvalue weighted by Gasteiger charge is 2.33. The van der Waals surface area contributed by atoms with Crippen LogP contribution < -0.4 is 4.74 Å². The highest BCUT2D eigenvalue weighted by atomic mass is 16.5. The molecule has 0 fully saturated rings. The van der Waals surface area contributed by atoms with E-state index in [1.54, 1.807) is 19.1 Å². The second kappa shape index (κ2) is 8.86. The van der Waals surface area contributed by atoms with E-state index in [0.29, 0.717) is 28.7 Å². The summed E-state index contributed by atoms with van der Waals surface area (Å²) in [6.07, 6.45) is 0.970. The van der Waals surface area contributed by atoms with Gasteiger partial charge in [0.1, 0.15) is 34.7 Å². The van der Waals surface area contributed by atoms with Crippen molar-refractivity contribution >= 4 is 5.78 Å². The van der Waals surface area contributed by atoms with Crippen molar-refractivity contribution in [2.45, 2.75) is 52.2 Å². The number of rotatable bonds is 6. The number of Topliss-reactive ketones (excluding diaryl/α,β-unsaturated/α-hetero) is 1. The van der Waals surface area contributed by atoms with Gasteiger partial charge >= 0.3 is 0 Å². The third kappa shape index (κ3) is 4.75. The Morgan fingerprint density at radius 1 is 1.16 bits per heavy atom. The second-order valence-electron chi connectivity index (χ2n) is 8.27. The first-order valence-corrected chi connectivity index (χ1v) is 10.1. The minimum Gasteiger partial charge on any atom is -0.508 e. The van der Waals surface area contributed by atoms with Crippen LogP contribution in [0.3, 0.4) is 0 Å². The third-order valence-corrected chi connectivity index (χ3v) is 5.42. The van der Waals surface area contributed by atoms with Gasteiger partial charge in [-0.15, -0.1) is 0 Å². The van der Waals surface area contributed by atoms with E-state index in [1.165, 1.54) is 12.1 Å². The quantitative estimate of drug-likeness (QED) is 0.509. The zero-order valence-corrected chi connectivity index (χ0v) is 18.0. The molecule has 2 aromatic carbocycles. The molecule has 1 aliphatic rings. The van der Waals surface area contributed by atoms with Gasteiger partial charge in [0.05, 0.1) is 12.5 Å². The summed E-state index contributed by atoms with van der Waals surface area (Å²) in [5.74, 6) is -0.538. The summed E-state index contributed by atoms with van der Waals surface area (Å²) in [4.78, 5) is 12.9. The van der Waals surface area contributed by atoms with Gasteiger partial charge in [0.25, 0.3) is 0 Å². The summed E-state index contributed by atoms with van der Waals surface area (Å²) >= 11 is 0. The highest BCUT2D eigenvalue weighted by molar-refractivity contribution is 6.03. The summed E-state index contributed by atoms with van der Waals surface area (Å²) in [5.41, 5.74) is 3.29. The molecule has 6 heteroatoms. The first-order chi connectivity index (χ1) is 14.6. The van der Waals surface area contributed by atoms with E-state index >= 15 is 0 Å². The average molecular weight is 424 g/mol. The van der Waals surface area contributed by atoms with Crippen molar-refractivity contribution in [1.82, 2.24) is 0 Å². The lowest BCUT2D eigenvalue weighted by Gasteiger charge is -2.28. The van der Waals surface area contributed by atoms with Crippen LogP contribution in [0.25, 0.3) is 0 Å². The fourth-order valence-corrected chi connectivity index (χ4v) is 3.57. The molecule has 1 aliphatic heterocycles. The number of phenolic OH excluding ortho intramolecular Hbond substituents is 3. The van der Waals surface area contributed by atoms with Crippen LogP contribution in [-0.4, -0.2) is 32.3 Å². The van der Waals surface area contributed by atoms with Gasteiger partial charge in [-0.25, -0.2) is 0 Å². The summed E-state index contributed by atoms with van der Waals surface area (Å²) in [6, 6.07) is 6.03. The molecule has 0 aromatic heterocycles. The van der Waals surface area contributed by atoms with Crippen LogP contribution >= 0.6 is 0 Å². The molecular weight excluding hydrogens is 396 g/mol. The topological polar surface area (TPSA) is 107 Å². The summed E-state index contributed by atoms with van der Waals surface area (Å²) in [7, 11) is 0. The molecule has 0 radical (unpaired) electrons. The van der Waals surface area contributed by atoms with Crippen molar-refractivity contribution in [3.63, 3.8) is 0 Å². The van der Waals surface area contributed by atoms with Gasteiger partial charge in [0.2, 0.25) is 0 Å². The molecule has 164 valence electrons. The average Bonchev–Trinajstić information content (AvgIpc) is 2.68. The van der Waals surface area contributed by atoms with Gasteiger partial charge in [-0.2, -0.15) is 0 Å². The van der Waals surface area contributed by atoms with E-state index in [4.69, 9.17) is 4.74 Å². The Bertz CT molecular complexity index is 1060. The predicted molar refractivity (Wildman–Crippen MR) is 118 cm³/mol. The van der Waals surface area contributed by atoms with Crippen molar-refractivity contribution < 1.29 is 30.0 Å². The lowest BCUT2D eigenvalue weighted by atomic mass is 9.91. The Kier molecular flexibility index (Phi) is 6.41. The largest absolute Gasteiger partial charge is 0.508 e. The zero-order chi connectivity index (χ0) is 22.9. The van der Waals surface area contributed by atoms with Crippen LogP contribution in [0, 0.1) is 0 Å². The Morgan fingerprint density at radius 3 is 2.52 bits per heavy atom. The van der Waals surface area contributed by atoms with Crippen LogP contribution in [0.2, 0.25) is 0 Å². The number of phenols is 3. The van der Waals surface area contributed by atoms with Gasteiger partial charge in [-0.1, -0.05) is 29.9 Å². The predicted octanol–water partition coefficient (Wildman–Crippen LogP) is 4.50. The maximum Gasteiger partial charge on any atom is 0.174 e.